The van der Waals surface area contributed by atoms with Crippen molar-refractivity contribution in [3.05, 3.63) is 58.6 Å². The monoisotopic (exact) mass is 276 g/mol. The summed E-state index contributed by atoms with van der Waals surface area (Å²) in [5.74, 6) is 0.506. The molecule has 2 aromatic rings. The molecule has 0 amide bonds. The zero-order valence-corrected chi connectivity index (χ0v) is 10.8. The van der Waals surface area contributed by atoms with Crippen LogP contribution in [0.5, 0.6) is 11.5 Å². The van der Waals surface area contributed by atoms with Gasteiger partial charge in [-0.25, -0.2) is 0 Å². The van der Waals surface area contributed by atoms with Crippen molar-refractivity contribution >= 4 is 17.4 Å². The van der Waals surface area contributed by atoms with Crippen LogP contribution < -0.4 is 10.5 Å². The van der Waals surface area contributed by atoms with Crippen LogP contribution in [0, 0.1) is 5.41 Å². The fraction of sp³-hybridized carbons (Fsp3) is 0.0714. The Morgan fingerprint density at radius 2 is 1.89 bits per heavy atom. The Kier molecular flexibility index (Phi) is 3.92. The molecule has 0 aliphatic rings. The molecule has 0 aliphatic carbocycles. The van der Waals surface area contributed by atoms with E-state index in [2.05, 4.69) is 0 Å². The molecule has 0 spiro atoms. The van der Waals surface area contributed by atoms with Crippen molar-refractivity contribution in [3.8, 4) is 11.5 Å². The van der Waals surface area contributed by atoms with Crippen LogP contribution in [0.4, 0.5) is 0 Å². The fourth-order valence-electron chi connectivity index (χ4n) is 1.59. The number of amidine groups is 1. The van der Waals surface area contributed by atoms with Crippen LogP contribution in [0.3, 0.4) is 0 Å². The van der Waals surface area contributed by atoms with Gasteiger partial charge >= 0.3 is 0 Å². The molecule has 0 saturated carbocycles. The zero-order chi connectivity index (χ0) is 13.8. The van der Waals surface area contributed by atoms with Gasteiger partial charge in [0.05, 0.1) is 5.56 Å². The van der Waals surface area contributed by atoms with E-state index >= 15 is 0 Å². The molecule has 4 nitrogen and oxygen atoms in total. The van der Waals surface area contributed by atoms with Crippen LogP contribution in [-0.4, -0.2) is 10.9 Å². The van der Waals surface area contributed by atoms with Gasteiger partial charge in [0, 0.05) is 5.02 Å². The van der Waals surface area contributed by atoms with Gasteiger partial charge in [0.1, 0.15) is 23.9 Å². The van der Waals surface area contributed by atoms with Crippen LogP contribution in [0.25, 0.3) is 0 Å². The maximum Gasteiger partial charge on any atom is 0.126 e. The molecular formula is C14H13ClN2O2. The Hall–Kier alpha value is -2.20. The first kappa shape index (κ1) is 13.2. The molecule has 0 atom stereocenters. The summed E-state index contributed by atoms with van der Waals surface area (Å²) < 4.78 is 5.55. The van der Waals surface area contributed by atoms with E-state index in [4.69, 9.17) is 27.5 Å². The second-order valence-electron chi connectivity index (χ2n) is 4.01. The van der Waals surface area contributed by atoms with Gasteiger partial charge in [-0.1, -0.05) is 17.7 Å². The predicted molar refractivity (Wildman–Crippen MR) is 74.9 cm³/mol. The summed E-state index contributed by atoms with van der Waals surface area (Å²) in [5.41, 5.74) is 6.43. The second-order valence-corrected chi connectivity index (χ2v) is 4.44. The van der Waals surface area contributed by atoms with E-state index in [-0.39, 0.29) is 11.6 Å². The third-order valence-electron chi connectivity index (χ3n) is 2.57. The molecule has 2 rings (SSSR count). The summed E-state index contributed by atoms with van der Waals surface area (Å²) >= 11 is 5.78. The van der Waals surface area contributed by atoms with Gasteiger partial charge in [-0.15, -0.1) is 0 Å². The molecule has 0 saturated heterocycles. The number of nitrogens with two attached hydrogens (primary N) is 1. The Morgan fingerprint density at radius 3 is 2.47 bits per heavy atom. The zero-order valence-electron chi connectivity index (χ0n) is 10.1. The quantitative estimate of drug-likeness (QED) is 0.593. The van der Waals surface area contributed by atoms with Crippen molar-refractivity contribution in [3.63, 3.8) is 0 Å². The van der Waals surface area contributed by atoms with Crippen molar-refractivity contribution in [2.45, 2.75) is 6.61 Å². The van der Waals surface area contributed by atoms with Gasteiger partial charge in [0.25, 0.3) is 0 Å². The highest BCUT2D eigenvalue weighted by Gasteiger charge is 2.05. The Morgan fingerprint density at radius 1 is 1.21 bits per heavy atom. The predicted octanol–water partition coefficient (Wildman–Crippen LogP) is 2.91. The first-order valence-electron chi connectivity index (χ1n) is 5.61. The maximum atomic E-state index is 9.70. The minimum atomic E-state index is -0.164. The number of rotatable bonds is 4. The lowest BCUT2D eigenvalue weighted by atomic mass is 10.1. The SMILES string of the molecule is N=C(N)c1ccc(COc2ccc(Cl)cc2)cc1O. The molecule has 0 unspecified atom stereocenters. The summed E-state index contributed by atoms with van der Waals surface area (Å²) in [4.78, 5) is 0. The number of ether oxygens (including phenoxy) is 1. The van der Waals surface area contributed by atoms with Crippen LogP contribution in [0.15, 0.2) is 42.5 Å². The normalized spacial score (nSPS) is 10.2. The van der Waals surface area contributed by atoms with Crippen molar-refractivity contribution in [1.29, 1.82) is 5.41 Å². The Balaban J connectivity index is 2.06. The van der Waals surface area contributed by atoms with Crippen LogP contribution in [0.2, 0.25) is 5.02 Å². The second kappa shape index (κ2) is 5.63. The van der Waals surface area contributed by atoms with Crippen molar-refractivity contribution < 1.29 is 9.84 Å². The summed E-state index contributed by atoms with van der Waals surface area (Å²) in [6.07, 6.45) is 0. The van der Waals surface area contributed by atoms with Crippen LogP contribution in [-0.2, 0) is 6.61 Å². The van der Waals surface area contributed by atoms with Crippen LogP contribution in [0.1, 0.15) is 11.1 Å². The van der Waals surface area contributed by atoms with Gasteiger partial charge < -0.3 is 15.6 Å². The third-order valence-corrected chi connectivity index (χ3v) is 2.82. The first-order chi connectivity index (χ1) is 9.06. The molecular weight excluding hydrogens is 264 g/mol. The lowest BCUT2D eigenvalue weighted by Crippen LogP contribution is -2.11. The smallest absolute Gasteiger partial charge is 0.126 e. The van der Waals surface area contributed by atoms with E-state index < -0.39 is 0 Å². The number of aromatic hydroxyl groups is 1. The fourth-order valence-corrected chi connectivity index (χ4v) is 1.72. The van der Waals surface area contributed by atoms with Crippen molar-refractivity contribution in [2.75, 3.05) is 0 Å². The summed E-state index contributed by atoms with van der Waals surface area (Å²) in [7, 11) is 0. The third kappa shape index (κ3) is 3.39. The highest BCUT2D eigenvalue weighted by molar-refractivity contribution is 6.30. The molecule has 4 N–H and O–H groups in total. The van der Waals surface area contributed by atoms with Gasteiger partial charge in [0.2, 0.25) is 0 Å². The molecule has 0 heterocycles. The van der Waals surface area contributed by atoms with Gasteiger partial charge in [-0.05, 0) is 42.0 Å². The molecule has 0 radical (unpaired) electrons. The van der Waals surface area contributed by atoms with Gasteiger partial charge in [-0.3, -0.25) is 5.41 Å². The number of phenols is 1. The van der Waals surface area contributed by atoms with Crippen molar-refractivity contribution in [1.82, 2.24) is 0 Å². The first-order valence-corrected chi connectivity index (χ1v) is 5.98. The number of phenolic OH excluding ortho intramolecular Hbond substituents is 1. The van der Waals surface area contributed by atoms with E-state index in [0.717, 1.165) is 5.56 Å². The Bertz CT molecular complexity index is 597. The van der Waals surface area contributed by atoms with E-state index in [1.807, 2.05) is 0 Å². The van der Waals surface area contributed by atoms with Crippen molar-refractivity contribution in [2.24, 2.45) is 5.73 Å². The van der Waals surface area contributed by atoms with Crippen LogP contribution >= 0.6 is 11.6 Å². The van der Waals surface area contributed by atoms with Gasteiger partial charge in [0.15, 0.2) is 0 Å². The standard InChI is InChI=1S/C14H13ClN2O2/c15-10-2-4-11(5-3-10)19-8-9-1-6-12(14(16)17)13(18)7-9/h1-7,18H,8H2,(H3,16,17). The number of benzene rings is 2. The molecule has 5 heteroatoms. The highest BCUT2D eigenvalue weighted by atomic mass is 35.5. The average molecular weight is 277 g/mol. The molecule has 0 bridgehead atoms. The average Bonchev–Trinajstić information content (AvgIpc) is 2.37. The van der Waals surface area contributed by atoms with E-state index in [9.17, 15) is 5.11 Å². The Labute approximate surface area is 115 Å². The topological polar surface area (TPSA) is 79.3 Å². The molecule has 0 aromatic heterocycles. The summed E-state index contributed by atoms with van der Waals surface area (Å²) in [6.45, 7) is 0.313. The minimum Gasteiger partial charge on any atom is -0.507 e. The van der Waals surface area contributed by atoms with E-state index in [1.165, 1.54) is 6.07 Å². The molecule has 98 valence electrons. The number of nitrogens with one attached hydrogen (secondary N) is 1. The van der Waals surface area contributed by atoms with E-state index in [0.29, 0.717) is 22.9 Å². The maximum absolute atomic E-state index is 9.70. The molecule has 2 aromatic carbocycles. The van der Waals surface area contributed by atoms with Gasteiger partial charge in [-0.2, -0.15) is 0 Å². The molecule has 0 fully saturated rings. The summed E-state index contributed by atoms with van der Waals surface area (Å²) in [6, 6.07) is 11.9. The summed E-state index contributed by atoms with van der Waals surface area (Å²) in [5, 5.41) is 17.6. The number of halogens is 1. The lowest BCUT2D eigenvalue weighted by molar-refractivity contribution is 0.305. The molecule has 0 aliphatic heterocycles. The largest absolute Gasteiger partial charge is 0.507 e. The number of hydrogen-bond donors (Lipinski definition) is 3. The number of hydrogen-bond acceptors (Lipinski definition) is 3. The lowest BCUT2D eigenvalue weighted by Gasteiger charge is -2.08. The number of nitrogen functional groups attached to an aromatic ring is 1. The van der Waals surface area contributed by atoms with E-state index in [1.54, 1.807) is 36.4 Å². The molecule has 19 heavy (non-hydrogen) atoms. The highest BCUT2D eigenvalue weighted by Crippen LogP contribution is 2.21. The minimum absolute atomic E-state index is 0.0234.